The number of hydrogen-bond donors (Lipinski definition) is 1. The number of sulfone groups is 1. The van der Waals surface area contributed by atoms with Crippen molar-refractivity contribution < 1.29 is 13.2 Å². The zero-order chi connectivity index (χ0) is 24.7. The quantitative estimate of drug-likeness (QED) is 0.387. The molecule has 0 unspecified atom stereocenters. The lowest BCUT2D eigenvalue weighted by Crippen LogP contribution is -2.30. The molecule has 5 rings (SSSR count). The minimum Gasteiger partial charge on any atom is -0.298 e. The molecule has 1 N–H and O–H groups in total. The smallest absolute Gasteiger partial charge is 0.265 e. The van der Waals surface area contributed by atoms with Crippen LogP contribution in [0.5, 0.6) is 0 Å². The Kier molecular flexibility index (Phi) is 5.70. The molecule has 0 atom stereocenters. The monoisotopic (exact) mass is 504 g/mol. The Morgan fingerprint density at radius 1 is 1.09 bits per heavy atom. The van der Waals surface area contributed by atoms with Crippen molar-refractivity contribution in [3.8, 4) is 0 Å². The predicted octanol–water partition coefficient (Wildman–Crippen LogP) is 4.02. The maximum absolute atomic E-state index is 13.4. The fraction of sp³-hybridized carbons (Fsp3) is 0.120. The number of rotatable bonds is 5. The lowest BCUT2D eigenvalue weighted by atomic mass is 10.1. The van der Waals surface area contributed by atoms with E-state index in [-0.39, 0.29) is 22.1 Å². The van der Waals surface area contributed by atoms with Crippen molar-refractivity contribution >= 4 is 53.5 Å². The highest BCUT2D eigenvalue weighted by Crippen LogP contribution is 2.28. The molecule has 0 bridgehead atoms. The molecule has 0 aliphatic heterocycles. The standard InChI is InChI=1S/C25H20N4O4S2/c1-15-5-7-16(8-6-15)14-29-22-17(4-3-11-26-22)12-19(24(29)31)23(30)28-25-27-20-10-9-18(35(2,32)33)13-21(20)34-25/h3-13H,14H2,1-2H3,(H,27,28,30). The molecule has 3 heterocycles. The van der Waals surface area contributed by atoms with E-state index in [0.29, 0.717) is 21.3 Å². The van der Waals surface area contributed by atoms with Gasteiger partial charge in [0.15, 0.2) is 15.0 Å². The van der Waals surface area contributed by atoms with Gasteiger partial charge in [0.2, 0.25) is 0 Å². The van der Waals surface area contributed by atoms with Crippen molar-refractivity contribution in [2.45, 2.75) is 18.4 Å². The summed E-state index contributed by atoms with van der Waals surface area (Å²) in [6, 6.07) is 17.5. The van der Waals surface area contributed by atoms with Gasteiger partial charge in [-0.15, -0.1) is 0 Å². The van der Waals surface area contributed by atoms with Gasteiger partial charge < -0.3 is 0 Å². The number of carbonyl (C=O) groups is 1. The van der Waals surface area contributed by atoms with E-state index in [0.717, 1.165) is 28.7 Å². The minimum absolute atomic E-state index is 0.0336. The Labute approximate surface area is 204 Å². The summed E-state index contributed by atoms with van der Waals surface area (Å²) in [6.07, 6.45) is 2.74. The van der Waals surface area contributed by atoms with E-state index in [1.807, 2.05) is 31.2 Å². The summed E-state index contributed by atoms with van der Waals surface area (Å²) < 4.78 is 25.8. The first-order valence-corrected chi connectivity index (χ1v) is 13.4. The number of thiazole rings is 1. The van der Waals surface area contributed by atoms with E-state index < -0.39 is 21.3 Å². The number of amides is 1. The van der Waals surface area contributed by atoms with Crippen LogP contribution in [0.15, 0.2) is 76.6 Å². The Bertz CT molecular complexity index is 1770. The number of nitrogens with one attached hydrogen (secondary N) is 1. The lowest BCUT2D eigenvalue weighted by molar-refractivity contribution is 0.102. The van der Waals surface area contributed by atoms with Crippen LogP contribution in [0.3, 0.4) is 0 Å². The third-order valence-corrected chi connectivity index (χ3v) is 7.61. The van der Waals surface area contributed by atoms with Crippen LogP contribution in [0.4, 0.5) is 5.13 Å². The molecule has 1 amide bonds. The fourth-order valence-electron chi connectivity index (χ4n) is 3.75. The predicted molar refractivity (Wildman–Crippen MR) is 137 cm³/mol. The van der Waals surface area contributed by atoms with Gasteiger partial charge >= 0.3 is 0 Å². The Balaban J connectivity index is 1.53. The van der Waals surface area contributed by atoms with E-state index in [2.05, 4.69) is 15.3 Å². The first kappa shape index (κ1) is 22.9. The van der Waals surface area contributed by atoms with Gasteiger partial charge in [0.25, 0.3) is 11.5 Å². The van der Waals surface area contributed by atoms with Crippen LogP contribution in [0, 0.1) is 6.92 Å². The number of hydrogen-bond acceptors (Lipinski definition) is 7. The highest BCUT2D eigenvalue weighted by molar-refractivity contribution is 7.90. The van der Waals surface area contributed by atoms with Crippen molar-refractivity contribution in [2.75, 3.05) is 11.6 Å². The number of benzene rings is 2. The highest BCUT2D eigenvalue weighted by Gasteiger charge is 2.19. The van der Waals surface area contributed by atoms with Crippen LogP contribution in [-0.2, 0) is 16.4 Å². The number of anilines is 1. The first-order chi connectivity index (χ1) is 16.7. The van der Waals surface area contributed by atoms with E-state index in [9.17, 15) is 18.0 Å². The fourth-order valence-corrected chi connectivity index (χ4v) is 5.37. The van der Waals surface area contributed by atoms with Gasteiger partial charge in [-0.25, -0.2) is 18.4 Å². The first-order valence-electron chi connectivity index (χ1n) is 10.7. The van der Waals surface area contributed by atoms with Gasteiger partial charge in [0.1, 0.15) is 11.2 Å². The molecule has 176 valence electrons. The van der Waals surface area contributed by atoms with Gasteiger partial charge in [-0.05, 0) is 48.9 Å². The lowest BCUT2D eigenvalue weighted by Gasteiger charge is -2.12. The van der Waals surface area contributed by atoms with Crippen LogP contribution in [0.25, 0.3) is 21.3 Å². The van der Waals surface area contributed by atoms with Crippen molar-refractivity contribution in [1.82, 2.24) is 14.5 Å². The van der Waals surface area contributed by atoms with Gasteiger partial charge in [0.05, 0.1) is 21.7 Å². The van der Waals surface area contributed by atoms with Crippen molar-refractivity contribution in [2.24, 2.45) is 0 Å². The summed E-state index contributed by atoms with van der Waals surface area (Å²) in [4.78, 5) is 35.5. The number of aryl methyl sites for hydroxylation is 1. The molecule has 0 spiro atoms. The van der Waals surface area contributed by atoms with Crippen LogP contribution in [0.1, 0.15) is 21.5 Å². The zero-order valence-electron chi connectivity index (χ0n) is 18.8. The summed E-state index contributed by atoms with van der Waals surface area (Å²) in [7, 11) is -3.37. The molecule has 0 aliphatic rings. The second-order valence-electron chi connectivity index (χ2n) is 8.23. The Morgan fingerprint density at radius 3 is 2.60 bits per heavy atom. The molecule has 35 heavy (non-hydrogen) atoms. The Morgan fingerprint density at radius 2 is 1.86 bits per heavy atom. The summed E-state index contributed by atoms with van der Waals surface area (Å²) in [5.74, 6) is -0.596. The van der Waals surface area contributed by atoms with Gasteiger partial charge in [0, 0.05) is 17.8 Å². The summed E-state index contributed by atoms with van der Waals surface area (Å²) in [5, 5.41) is 3.62. The SMILES string of the molecule is Cc1ccc(Cn2c(=O)c(C(=O)Nc3nc4ccc(S(C)(=O)=O)cc4s3)cc3cccnc32)cc1. The van der Waals surface area contributed by atoms with E-state index in [4.69, 9.17) is 0 Å². The van der Waals surface area contributed by atoms with Gasteiger partial charge in [-0.1, -0.05) is 41.2 Å². The van der Waals surface area contributed by atoms with Crippen LogP contribution in [0.2, 0.25) is 0 Å². The van der Waals surface area contributed by atoms with Crippen molar-refractivity contribution in [1.29, 1.82) is 0 Å². The second-order valence-corrected chi connectivity index (χ2v) is 11.3. The van der Waals surface area contributed by atoms with Crippen molar-refractivity contribution in [3.05, 3.63) is 93.9 Å². The molecule has 0 saturated carbocycles. The van der Waals surface area contributed by atoms with Gasteiger partial charge in [-0.2, -0.15) is 0 Å². The molecule has 3 aromatic heterocycles. The second kappa shape index (κ2) is 8.71. The number of carbonyl (C=O) groups excluding carboxylic acids is 1. The summed E-state index contributed by atoms with van der Waals surface area (Å²) in [5.41, 5.74) is 2.57. The summed E-state index contributed by atoms with van der Waals surface area (Å²) in [6.45, 7) is 2.25. The molecule has 2 aromatic carbocycles. The third kappa shape index (κ3) is 4.58. The van der Waals surface area contributed by atoms with E-state index >= 15 is 0 Å². The number of pyridine rings is 2. The van der Waals surface area contributed by atoms with Crippen LogP contribution in [-0.4, -0.2) is 35.1 Å². The number of aromatic nitrogens is 3. The normalized spacial score (nSPS) is 11.7. The average molecular weight is 505 g/mol. The minimum atomic E-state index is -3.37. The molecule has 5 aromatic rings. The summed E-state index contributed by atoms with van der Waals surface area (Å²) >= 11 is 1.14. The molecule has 0 fully saturated rings. The van der Waals surface area contributed by atoms with E-state index in [1.54, 1.807) is 24.4 Å². The van der Waals surface area contributed by atoms with Crippen LogP contribution >= 0.6 is 11.3 Å². The number of fused-ring (bicyclic) bond motifs is 2. The zero-order valence-corrected chi connectivity index (χ0v) is 20.5. The molecule has 0 radical (unpaired) electrons. The third-order valence-electron chi connectivity index (χ3n) is 5.56. The molecule has 10 heteroatoms. The van der Waals surface area contributed by atoms with Crippen LogP contribution < -0.4 is 10.9 Å². The molecule has 8 nitrogen and oxygen atoms in total. The maximum atomic E-state index is 13.4. The van der Waals surface area contributed by atoms with Gasteiger partial charge in [-0.3, -0.25) is 19.5 Å². The highest BCUT2D eigenvalue weighted by atomic mass is 32.2. The molecular formula is C25H20N4O4S2. The maximum Gasteiger partial charge on any atom is 0.265 e. The molecule has 0 aliphatic carbocycles. The largest absolute Gasteiger partial charge is 0.298 e. The Hall–Kier alpha value is -3.89. The number of nitrogens with zero attached hydrogens (tertiary/aromatic N) is 3. The van der Waals surface area contributed by atoms with E-state index in [1.165, 1.54) is 22.8 Å². The molecular weight excluding hydrogens is 484 g/mol. The topological polar surface area (TPSA) is 111 Å². The molecule has 0 saturated heterocycles. The van der Waals surface area contributed by atoms with Crippen molar-refractivity contribution in [3.63, 3.8) is 0 Å². The average Bonchev–Trinajstić information content (AvgIpc) is 3.23.